The fraction of sp³-hybridized carbons (Fsp3) is 0.167. The molecule has 0 radical (unpaired) electrons. The van der Waals surface area contributed by atoms with Crippen molar-refractivity contribution in [2.45, 2.75) is 20.0 Å². The molecule has 24 heavy (non-hydrogen) atoms. The highest BCUT2D eigenvalue weighted by Gasteiger charge is 2.24. The quantitative estimate of drug-likeness (QED) is 0.850. The van der Waals surface area contributed by atoms with Crippen LogP contribution in [-0.2, 0) is 4.79 Å². The molecule has 2 amide bonds. The summed E-state index contributed by atoms with van der Waals surface area (Å²) in [6.45, 7) is 3.11. The van der Waals surface area contributed by atoms with Gasteiger partial charge < -0.3 is 15.4 Å². The van der Waals surface area contributed by atoms with Gasteiger partial charge in [0.25, 0.3) is 11.8 Å². The lowest BCUT2D eigenvalue weighted by Crippen LogP contribution is -2.34. The number of carbonyl (C=O) groups excluding carboxylic acids is 3. The Bertz CT molecular complexity index is 845. The second-order valence-corrected chi connectivity index (χ2v) is 5.55. The molecule has 0 spiro atoms. The molecule has 1 aliphatic rings. The van der Waals surface area contributed by atoms with Crippen LogP contribution in [0.15, 0.2) is 42.5 Å². The standard InChI is InChI=1S/C18H16N2O4/c1-10(21)12-4-3-5-14(8-12)19-18(23)13-6-7-15-16(9-13)24-11(2)17(22)20-15/h3-9,11H,1-2H3,(H,19,23)(H,20,22). The van der Waals surface area contributed by atoms with Gasteiger partial charge in [0.05, 0.1) is 5.69 Å². The predicted molar refractivity (Wildman–Crippen MR) is 89.6 cm³/mol. The number of nitrogens with one attached hydrogen (secondary N) is 2. The smallest absolute Gasteiger partial charge is 0.265 e. The lowest BCUT2D eigenvalue weighted by molar-refractivity contribution is -0.122. The van der Waals surface area contributed by atoms with Crippen LogP contribution in [0.4, 0.5) is 11.4 Å². The van der Waals surface area contributed by atoms with Crippen LogP contribution in [0.2, 0.25) is 0 Å². The minimum atomic E-state index is -0.608. The van der Waals surface area contributed by atoms with Crippen molar-refractivity contribution < 1.29 is 19.1 Å². The maximum atomic E-state index is 12.4. The van der Waals surface area contributed by atoms with E-state index >= 15 is 0 Å². The predicted octanol–water partition coefficient (Wildman–Crippen LogP) is 2.86. The summed E-state index contributed by atoms with van der Waals surface area (Å²) in [7, 11) is 0. The van der Waals surface area contributed by atoms with E-state index in [9.17, 15) is 14.4 Å². The number of fused-ring (bicyclic) bond motifs is 1. The molecule has 6 nitrogen and oxygen atoms in total. The van der Waals surface area contributed by atoms with Gasteiger partial charge in [-0.1, -0.05) is 12.1 Å². The molecule has 0 bridgehead atoms. The van der Waals surface area contributed by atoms with Crippen LogP contribution in [0.3, 0.4) is 0 Å². The molecule has 2 aromatic carbocycles. The molecule has 0 aromatic heterocycles. The first-order chi connectivity index (χ1) is 11.4. The Morgan fingerprint density at radius 3 is 2.67 bits per heavy atom. The highest BCUT2D eigenvalue weighted by molar-refractivity contribution is 6.06. The molecule has 1 atom stereocenters. The molecule has 1 unspecified atom stereocenters. The van der Waals surface area contributed by atoms with E-state index in [0.29, 0.717) is 28.3 Å². The highest BCUT2D eigenvalue weighted by Crippen LogP contribution is 2.30. The summed E-state index contributed by atoms with van der Waals surface area (Å²) in [6, 6.07) is 11.5. The van der Waals surface area contributed by atoms with E-state index in [1.165, 1.54) is 6.92 Å². The summed E-state index contributed by atoms with van der Waals surface area (Å²) in [6.07, 6.45) is -0.608. The van der Waals surface area contributed by atoms with Crippen LogP contribution < -0.4 is 15.4 Å². The number of ether oxygens (including phenoxy) is 1. The van der Waals surface area contributed by atoms with Gasteiger partial charge in [-0.25, -0.2) is 0 Å². The number of amides is 2. The Morgan fingerprint density at radius 1 is 1.12 bits per heavy atom. The van der Waals surface area contributed by atoms with Gasteiger partial charge >= 0.3 is 0 Å². The van der Waals surface area contributed by atoms with Crippen molar-refractivity contribution in [2.75, 3.05) is 10.6 Å². The van der Waals surface area contributed by atoms with Gasteiger partial charge in [0.2, 0.25) is 0 Å². The van der Waals surface area contributed by atoms with Crippen molar-refractivity contribution in [3.8, 4) is 5.75 Å². The van der Waals surface area contributed by atoms with Crippen LogP contribution in [-0.4, -0.2) is 23.7 Å². The number of hydrogen-bond acceptors (Lipinski definition) is 4. The van der Waals surface area contributed by atoms with E-state index in [-0.39, 0.29) is 17.6 Å². The molecule has 122 valence electrons. The monoisotopic (exact) mass is 324 g/mol. The van der Waals surface area contributed by atoms with E-state index in [1.807, 2.05) is 0 Å². The van der Waals surface area contributed by atoms with E-state index in [0.717, 1.165) is 0 Å². The van der Waals surface area contributed by atoms with Crippen LogP contribution in [0.5, 0.6) is 5.75 Å². The molecule has 3 rings (SSSR count). The first-order valence-corrected chi connectivity index (χ1v) is 7.48. The Balaban J connectivity index is 1.81. The van der Waals surface area contributed by atoms with Crippen LogP contribution in [0, 0.1) is 0 Å². The molecule has 6 heteroatoms. The summed E-state index contributed by atoms with van der Waals surface area (Å²) in [5.41, 5.74) is 1.99. The third-order valence-electron chi connectivity index (χ3n) is 3.70. The number of hydrogen-bond donors (Lipinski definition) is 2. The molecule has 2 N–H and O–H groups in total. The molecule has 1 aliphatic heterocycles. The third kappa shape index (κ3) is 3.12. The van der Waals surface area contributed by atoms with Gasteiger partial charge in [0.1, 0.15) is 5.75 Å². The van der Waals surface area contributed by atoms with Crippen LogP contribution >= 0.6 is 0 Å². The van der Waals surface area contributed by atoms with Crippen molar-refractivity contribution in [3.63, 3.8) is 0 Å². The zero-order valence-electron chi connectivity index (χ0n) is 13.3. The topological polar surface area (TPSA) is 84.5 Å². The van der Waals surface area contributed by atoms with Gasteiger partial charge in [0, 0.05) is 16.8 Å². The highest BCUT2D eigenvalue weighted by atomic mass is 16.5. The summed E-state index contributed by atoms with van der Waals surface area (Å²) < 4.78 is 5.50. The summed E-state index contributed by atoms with van der Waals surface area (Å²) in [5.74, 6) is -0.169. The van der Waals surface area contributed by atoms with Gasteiger partial charge in [0.15, 0.2) is 11.9 Å². The summed E-state index contributed by atoms with van der Waals surface area (Å²) >= 11 is 0. The molecule has 0 saturated carbocycles. The lowest BCUT2D eigenvalue weighted by Gasteiger charge is -2.23. The molecule has 2 aromatic rings. The van der Waals surface area contributed by atoms with E-state index in [2.05, 4.69) is 10.6 Å². The molecule has 1 heterocycles. The average molecular weight is 324 g/mol. The summed E-state index contributed by atoms with van der Waals surface area (Å²) in [5, 5.41) is 5.46. The minimum absolute atomic E-state index is 0.0713. The first kappa shape index (κ1) is 15.7. The largest absolute Gasteiger partial charge is 0.479 e. The number of rotatable bonds is 3. The van der Waals surface area contributed by atoms with E-state index in [1.54, 1.807) is 49.4 Å². The van der Waals surface area contributed by atoms with Gasteiger partial charge in [-0.05, 0) is 44.2 Å². The molecule has 0 fully saturated rings. The van der Waals surface area contributed by atoms with Crippen molar-refractivity contribution in [1.29, 1.82) is 0 Å². The second kappa shape index (κ2) is 6.16. The SMILES string of the molecule is CC(=O)c1cccc(NC(=O)c2ccc3c(c2)OC(C)C(=O)N3)c1. The number of ketones is 1. The number of anilines is 2. The van der Waals surface area contributed by atoms with Crippen molar-refractivity contribution >= 4 is 29.0 Å². The number of benzene rings is 2. The van der Waals surface area contributed by atoms with Crippen LogP contribution in [0.25, 0.3) is 0 Å². The molecular formula is C18H16N2O4. The van der Waals surface area contributed by atoms with Crippen molar-refractivity contribution in [2.24, 2.45) is 0 Å². The Morgan fingerprint density at radius 2 is 1.92 bits per heavy atom. The first-order valence-electron chi connectivity index (χ1n) is 7.48. The zero-order valence-corrected chi connectivity index (χ0v) is 13.3. The Labute approximate surface area is 138 Å². The molecular weight excluding hydrogens is 308 g/mol. The van der Waals surface area contributed by atoms with Crippen molar-refractivity contribution in [1.82, 2.24) is 0 Å². The van der Waals surface area contributed by atoms with Gasteiger partial charge in [-0.3, -0.25) is 14.4 Å². The van der Waals surface area contributed by atoms with Crippen molar-refractivity contribution in [3.05, 3.63) is 53.6 Å². The number of carbonyl (C=O) groups is 3. The van der Waals surface area contributed by atoms with Gasteiger partial charge in [-0.15, -0.1) is 0 Å². The van der Waals surface area contributed by atoms with E-state index < -0.39 is 6.10 Å². The maximum absolute atomic E-state index is 12.4. The minimum Gasteiger partial charge on any atom is -0.479 e. The Kier molecular flexibility index (Phi) is 4.04. The third-order valence-corrected chi connectivity index (χ3v) is 3.70. The fourth-order valence-corrected chi connectivity index (χ4v) is 2.36. The molecule has 0 aliphatic carbocycles. The zero-order chi connectivity index (χ0) is 17.3. The normalized spacial score (nSPS) is 15.8. The van der Waals surface area contributed by atoms with Gasteiger partial charge in [-0.2, -0.15) is 0 Å². The maximum Gasteiger partial charge on any atom is 0.265 e. The number of Topliss-reactive ketones (excluding diaryl/α,β-unsaturated/α-hetero) is 1. The lowest BCUT2D eigenvalue weighted by atomic mass is 10.1. The second-order valence-electron chi connectivity index (χ2n) is 5.55. The average Bonchev–Trinajstić information content (AvgIpc) is 2.55. The van der Waals surface area contributed by atoms with E-state index in [4.69, 9.17) is 4.74 Å². The summed E-state index contributed by atoms with van der Waals surface area (Å²) in [4.78, 5) is 35.4. The fourth-order valence-electron chi connectivity index (χ4n) is 2.36. The molecule has 0 saturated heterocycles. The van der Waals surface area contributed by atoms with Crippen LogP contribution in [0.1, 0.15) is 34.6 Å². The Hall–Kier alpha value is -3.15.